The number of rotatable bonds is 0. The van der Waals surface area contributed by atoms with E-state index in [1.165, 1.54) is 0 Å². The van der Waals surface area contributed by atoms with Crippen LogP contribution in [0.25, 0.3) is 0 Å². The molecule has 1 radical (unpaired) electrons. The summed E-state index contributed by atoms with van der Waals surface area (Å²) >= 11 is 0. The van der Waals surface area contributed by atoms with E-state index < -0.39 is 46.9 Å². The van der Waals surface area contributed by atoms with Crippen LogP contribution in [-0.4, -0.2) is 107 Å². The minimum absolute atomic E-state index is 0. The van der Waals surface area contributed by atoms with E-state index in [1.54, 1.807) is 0 Å². The molecule has 0 amide bonds. The minimum Gasteiger partial charge on any atom is -0.303 e. The van der Waals surface area contributed by atoms with Crippen LogP contribution in [0.5, 0.6) is 0 Å². The zero-order chi connectivity index (χ0) is 27.0. The summed E-state index contributed by atoms with van der Waals surface area (Å²) in [5.74, 6) is 0. The average Bonchev–Trinajstić information content (AvgIpc) is 1.94. The third-order valence-corrected chi connectivity index (χ3v) is 0. The molecule has 18 N–H and O–H groups in total. The van der Waals surface area contributed by atoms with Crippen LogP contribution in [0.1, 0.15) is 0 Å². The van der Waals surface area contributed by atoms with Gasteiger partial charge in [-0.1, -0.05) is 0 Å². The zero-order valence-corrected chi connectivity index (χ0v) is 19.5. The van der Waals surface area contributed by atoms with Gasteiger partial charge >= 0.3 is 46.9 Å². The van der Waals surface area contributed by atoms with E-state index in [4.69, 9.17) is 115 Å². The van der Waals surface area contributed by atoms with E-state index in [0.717, 1.165) is 0 Å². The summed E-state index contributed by atoms with van der Waals surface area (Å²) in [6, 6.07) is 0. The number of hydrogen-bond acceptors (Lipinski definition) is 6. The summed E-state index contributed by atoms with van der Waals surface area (Å²) in [4.78, 5) is 129. The van der Waals surface area contributed by atoms with Gasteiger partial charge in [-0.25, -0.2) is 27.4 Å². The first kappa shape index (κ1) is 49.4. The van der Waals surface area contributed by atoms with Crippen LogP contribution in [0.3, 0.4) is 0 Å². The Labute approximate surface area is 181 Å². The maximum absolute atomic E-state index is 8.88. The first-order valence-corrected chi connectivity index (χ1v) is 14.1. The normalized spacial score (nSPS) is 11.4. The molecule has 0 aromatic heterocycles. The molecule has 0 spiro atoms. The fraction of sp³-hybridized carbons (Fsp3) is 0. The minimum atomic E-state index is -4.64. The fourth-order valence-electron chi connectivity index (χ4n) is 0. The van der Waals surface area contributed by atoms with Crippen LogP contribution in [-0.2, 0) is 27.4 Å². The predicted molar refractivity (Wildman–Crippen MR) is 91.3 cm³/mol. The average molecular weight is 595 g/mol. The van der Waals surface area contributed by atoms with Gasteiger partial charge in [0.05, 0.1) is 0 Å². The van der Waals surface area contributed by atoms with Crippen LogP contribution in [0.4, 0.5) is 0 Å². The molecule has 0 bridgehead atoms. The number of phosphoric acid groups is 6. The SMILES string of the molecule is O=P(O)(O)O.O=P(O)(O)O.O=P(O)(O)O.O=P(O)(O)O.O=P(O)(O)O.O=P(O)(O)O.[Li]. The van der Waals surface area contributed by atoms with Crippen LogP contribution < -0.4 is 0 Å². The Hall–Kier alpha value is 1.26. The standard InChI is InChI=1S/Li.6H3O4P/c;6*1-5(2,3)4/h;6*(H3,1,2,3,4). The fourth-order valence-corrected chi connectivity index (χ4v) is 0. The summed E-state index contributed by atoms with van der Waals surface area (Å²) in [5.41, 5.74) is 0. The summed E-state index contributed by atoms with van der Waals surface area (Å²) in [6.07, 6.45) is 0. The van der Waals surface area contributed by atoms with Crippen molar-refractivity contribution in [3.8, 4) is 0 Å². The van der Waals surface area contributed by atoms with E-state index in [1.807, 2.05) is 0 Å². The van der Waals surface area contributed by atoms with Crippen molar-refractivity contribution in [2.45, 2.75) is 0 Å². The van der Waals surface area contributed by atoms with E-state index in [-0.39, 0.29) is 18.9 Å². The summed E-state index contributed by atoms with van der Waals surface area (Å²) in [5, 5.41) is 0. The Morgan fingerprint density at radius 1 is 0.226 bits per heavy atom. The van der Waals surface area contributed by atoms with Gasteiger partial charge in [-0.05, 0) is 0 Å². The Morgan fingerprint density at radius 2 is 0.226 bits per heavy atom. The van der Waals surface area contributed by atoms with Crippen molar-refractivity contribution in [2.24, 2.45) is 0 Å². The van der Waals surface area contributed by atoms with Crippen LogP contribution in [0.15, 0.2) is 0 Å². The zero-order valence-electron chi connectivity index (χ0n) is 14.2. The van der Waals surface area contributed by atoms with Crippen molar-refractivity contribution in [3.63, 3.8) is 0 Å². The van der Waals surface area contributed by atoms with E-state index in [2.05, 4.69) is 0 Å². The van der Waals surface area contributed by atoms with E-state index in [9.17, 15) is 0 Å². The maximum atomic E-state index is 8.88. The molecule has 0 aliphatic rings. The molecule has 31 heteroatoms. The second-order valence-electron chi connectivity index (χ2n) is 3.08. The van der Waals surface area contributed by atoms with Gasteiger partial charge in [-0.15, -0.1) is 0 Å². The van der Waals surface area contributed by atoms with Gasteiger partial charge in [0, 0.05) is 18.9 Å². The van der Waals surface area contributed by atoms with Crippen molar-refractivity contribution in [1.29, 1.82) is 0 Å². The smallest absolute Gasteiger partial charge is 0.303 e. The second-order valence-corrected chi connectivity index (χ2v) is 9.24. The van der Waals surface area contributed by atoms with Gasteiger partial charge in [-0.2, -0.15) is 0 Å². The maximum Gasteiger partial charge on any atom is 0.466 e. The van der Waals surface area contributed by atoms with Gasteiger partial charge in [0.15, 0.2) is 0 Å². The molecule has 0 aromatic carbocycles. The van der Waals surface area contributed by atoms with Crippen molar-refractivity contribution >= 4 is 65.8 Å². The predicted octanol–water partition coefficient (Wildman–Crippen LogP) is -5.95. The Morgan fingerprint density at radius 3 is 0.226 bits per heavy atom. The molecule has 0 aliphatic heterocycles. The number of hydrogen-bond donors (Lipinski definition) is 18. The van der Waals surface area contributed by atoms with Gasteiger partial charge in [0.25, 0.3) is 0 Å². The van der Waals surface area contributed by atoms with E-state index in [0.29, 0.717) is 0 Å². The van der Waals surface area contributed by atoms with Gasteiger partial charge in [0.2, 0.25) is 0 Å². The molecular formula is H18LiO24P6. The van der Waals surface area contributed by atoms with Crippen molar-refractivity contribution in [2.75, 3.05) is 0 Å². The molecule has 0 fully saturated rings. The first-order chi connectivity index (χ1) is 12.0. The molecule has 0 saturated heterocycles. The third-order valence-electron chi connectivity index (χ3n) is 0. The van der Waals surface area contributed by atoms with Crippen molar-refractivity contribution in [1.82, 2.24) is 0 Å². The van der Waals surface area contributed by atoms with Gasteiger partial charge in [-0.3, -0.25) is 0 Å². The molecule has 31 heavy (non-hydrogen) atoms. The van der Waals surface area contributed by atoms with Gasteiger partial charge < -0.3 is 88.1 Å². The molecule has 0 atom stereocenters. The summed E-state index contributed by atoms with van der Waals surface area (Å²) in [6.45, 7) is 0. The molecule has 24 nitrogen and oxygen atoms in total. The first-order valence-electron chi connectivity index (χ1n) is 4.70. The van der Waals surface area contributed by atoms with Crippen LogP contribution in [0.2, 0.25) is 0 Å². The third kappa shape index (κ3) is 16900. The molecule has 0 unspecified atom stereocenters. The van der Waals surface area contributed by atoms with Crippen molar-refractivity contribution in [3.05, 3.63) is 0 Å². The van der Waals surface area contributed by atoms with Crippen molar-refractivity contribution < 1.29 is 115 Å². The summed E-state index contributed by atoms with van der Waals surface area (Å²) in [7, 11) is -27.8. The largest absolute Gasteiger partial charge is 0.466 e. The molecule has 0 rings (SSSR count). The Bertz CT molecular complexity index is 460. The molecule has 0 heterocycles. The van der Waals surface area contributed by atoms with Gasteiger partial charge in [0.1, 0.15) is 0 Å². The second kappa shape index (κ2) is 20.6. The summed E-state index contributed by atoms with van der Waals surface area (Å²) < 4.78 is 53.3. The molecule has 0 aromatic rings. The monoisotopic (exact) mass is 595 g/mol. The Balaban J connectivity index is -0.0000000443. The topological polar surface area (TPSA) is 467 Å². The molecule has 0 saturated carbocycles. The van der Waals surface area contributed by atoms with Crippen LogP contribution in [0, 0.1) is 0 Å². The quantitative estimate of drug-likeness (QED) is 0.0915. The molecule has 0 aliphatic carbocycles. The molecular weight excluding hydrogens is 577 g/mol. The molecule has 193 valence electrons. The Kier molecular flexibility index (Phi) is 32.9. The van der Waals surface area contributed by atoms with Crippen LogP contribution >= 0.6 is 46.9 Å². The van der Waals surface area contributed by atoms with E-state index >= 15 is 0 Å².